The zero-order chi connectivity index (χ0) is 21.5. The minimum atomic E-state index is -0.569. The number of rotatable bonds is 4. The van der Waals surface area contributed by atoms with Crippen LogP contribution in [0.15, 0.2) is 24.3 Å². The van der Waals surface area contributed by atoms with Crippen LogP contribution in [0.2, 0.25) is 0 Å². The first-order valence-corrected chi connectivity index (χ1v) is 10.7. The lowest BCUT2D eigenvalue weighted by Crippen LogP contribution is -2.59. The van der Waals surface area contributed by atoms with Gasteiger partial charge in [0.15, 0.2) is 0 Å². The molecule has 7 heteroatoms. The summed E-state index contributed by atoms with van der Waals surface area (Å²) in [4.78, 5) is 24.5. The maximum Gasteiger partial charge on any atom is 0.411 e. The van der Waals surface area contributed by atoms with Gasteiger partial charge in [-0.3, -0.25) is 10.1 Å². The Bertz CT molecular complexity index is 810. The van der Waals surface area contributed by atoms with E-state index in [1.165, 1.54) is 0 Å². The number of hydrogen-bond donors (Lipinski definition) is 2. The Morgan fingerprint density at radius 1 is 1.23 bits per heavy atom. The van der Waals surface area contributed by atoms with Crippen LogP contribution in [0.1, 0.15) is 46.0 Å². The number of nitrogens with one attached hydrogen (secondary N) is 1. The summed E-state index contributed by atoms with van der Waals surface area (Å²) in [5.74, 6) is 0.912. The van der Waals surface area contributed by atoms with Crippen molar-refractivity contribution in [3.63, 3.8) is 0 Å². The lowest BCUT2D eigenvalue weighted by atomic mass is 9.46. The van der Waals surface area contributed by atoms with E-state index in [9.17, 15) is 14.7 Å². The average Bonchev–Trinajstić information content (AvgIpc) is 3.12. The van der Waals surface area contributed by atoms with Crippen LogP contribution in [0.25, 0.3) is 0 Å². The fourth-order valence-corrected chi connectivity index (χ4v) is 6.24. The summed E-state index contributed by atoms with van der Waals surface area (Å²) in [5, 5.41) is 13.2. The first kappa shape index (κ1) is 21.0. The van der Waals surface area contributed by atoms with Gasteiger partial charge in [0.25, 0.3) is 0 Å². The fraction of sp³-hybridized carbons (Fsp3) is 0.652. The van der Waals surface area contributed by atoms with Crippen molar-refractivity contribution < 1.29 is 28.9 Å². The Morgan fingerprint density at radius 2 is 1.97 bits per heavy atom. The molecule has 2 saturated carbocycles. The first-order valence-electron chi connectivity index (χ1n) is 10.7. The first-order chi connectivity index (χ1) is 14.3. The number of benzene rings is 1. The molecule has 1 aliphatic heterocycles. The topological polar surface area (TPSA) is 94.1 Å². The summed E-state index contributed by atoms with van der Waals surface area (Å²) in [6.45, 7) is 4.16. The molecule has 6 atom stereocenters. The second-order valence-electron chi connectivity index (χ2n) is 9.42. The lowest BCUT2D eigenvalue weighted by molar-refractivity contribution is -0.174. The third kappa shape index (κ3) is 3.43. The largest absolute Gasteiger partial charge is 0.497 e. The van der Waals surface area contributed by atoms with Gasteiger partial charge in [0.05, 0.1) is 20.1 Å². The maximum atomic E-state index is 12.6. The van der Waals surface area contributed by atoms with E-state index >= 15 is 0 Å². The van der Waals surface area contributed by atoms with Gasteiger partial charge in [-0.05, 0) is 61.3 Å². The molecule has 0 bridgehead atoms. The molecular formula is C23H31NO6. The highest BCUT2D eigenvalue weighted by Crippen LogP contribution is 2.62. The van der Waals surface area contributed by atoms with Crippen molar-refractivity contribution in [2.24, 2.45) is 22.7 Å². The van der Waals surface area contributed by atoms with E-state index in [0.717, 1.165) is 19.3 Å². The number of carbonyl (C=O) groups excluding carboxylic acids is 2. The molecule has 7 nitrogen and oxygen atoms in total. The number of amides is 1. The molecule has 2 N–H and O–H groups in total. The standard InChI is InChI=1S/C23H31NO6/c1-22-11-10-19(30-21(27)24-14-4-6-15(28-3)7-5-14)23(2,13-25)18(22)9-8-17-16(22)12-20(26)29-17/h4-7,16-19,25H,8-13H2,1-3H3,(H,24,27)/t16-,17+,18+,19-,22+,23+/m1/s1. The number of esters is 1. The SMILES string of the molecule is COc1ccc(NC(=O)O[C@@H]2CC[C@]3(C)[C@H](CC[C@@H]4OC(=O)C[C@H]43)[C@]2(C)CO)cc1. The van der Waals surface area contributed by atoms with E-state index in [1.807, 2.05) is 6.92 Å². The van der Waals surface area contributed by atoms with E-state index in [4.69, 9.17) is 14.2 Å². The molecule has 4 rings (SSSR count). The molecule has 0 unspecified atom stereocenters. The summed E-state index contributed by atoms with van der Waals surface area (Å²) < 4.78 is 16.5. The van der Waals surface area contributed by atoms with Crippen molar-refractivity contribution >= 4 is 17.7 Å². The van der Waals surface area contributed by atoms with Gasteiger partial charge in [-0.1, -0.05) is 13.8 Å². The molecule has 1 aromatic rings. The van der Waals surface area contributed by atoms with Crippen LogP contribution in [0.5, 0.6) is 5.75 Å². The Balaban J connectivity index is 1.48. The Labute approximate surface area is 177 Å². The van der Waals surface area contributed by atoms with Gasteiger partial charge < -0.3 is 19.3 Å². The number of aliphatic hydroxyl groups is 1. The molecule has 0 aromatic heterocycles. The zero-order valence-electron chi connectivity index (χ0n) is 17.8. The monoisotopic (exact) mass is 417 g/mol. The number of methoxy groups -OCH3 is 1. The summed E-state index contributed by atoms with van der Waals surface area (Å²) >= 11 is 0. The van der Waals surface area contributed by atoms with Crippen LogP contribution in [-0.2, 0) is 14.3 Å². The van der Waals surface area contributed by atoms with Gasteiger partial charge in [0.2, 0.25) is 0 Å². The van der Waals surface area contributed by atoms with Crippen LogP contribution in [0.3, 0.4) is 0 Å². The molecule has 2 aliphatic carbocycles. The molecule has 0 spiro atoms. The quantitative estimate of drug-likeness (QED) is 0.725. The van der Waals surface area contributed by atoms with Crippen LogP contribution in [-0.4, -0.2) is 43.1 Å². The molecule has 0 radical (unpaired) electrons. The van der Waals surface area contributed by atoms with Gasteiger partial charge in [-0.25, -0.2) is 4.79 Å². The van der Waals surface area contributed by atoms with Crippen LogP contribution < -0.4 is 10.1 Å². The van der Waals surface area contributed by atoms with Crippen LogP contribution in [0, 0.1) is 22.7 Å². The zero-order valence-corrected chi connectivity index (χ0v) is 17.8. The minimum Gasteiger partial charge on any atom is -0.497 e. The highest BCUT2D eigenvalue weighted by molar-refractivity contribution is 5.84. The third-order valence-corrected chi connectivity index (χ3v) is 7.90. The van der Waals surface area contributed by atoms with Crippen molar-refractivity contribution in [1.82, 2.24) is 0 Å². The van der Waals surface area contributed by atoms with E-state index in [1.54, 1.807) is 31.4 Å². The molecule has 1 heterocycles. The highest BCUT2D eigenvalue weighted by atomic mass is 16.6. The van der Waals surface area contributed by atoms with E-state index < -0.39 is 17.6 Å². The normalized spacial score (nSPS) is 37.5. The maximum absolute atomic E-state index is 12.6. The third-order valence-electron chi connectivity index (χ3n) is 7.90. The second-order valence-corrected chi connectivity index (χ2v) is 9.42. The summed E-state index contributed by atoms with van der Waals surface area (Å²) in [5.41, 5.74) is -0.0611. The molecule has 1 amide bonds. The van der Waals surface area contributed by atoms with E-state index in [0.29, 0.717) is 24.3 Å². The van der Waals surface area contributed by atoms with E-state index in [-0.39, 0.29) is 35.9 Å². The fourth-order valence-electron chi connectivity index (χ4n) is 6.24. The molecule has 30 heavy (non-hydrogen) atoms. The molecule has 1 aromatic carbocycles. The lowest BCUT2D eigenvalue weighted by Gasteiger charge is -2.59. The molecular weight excluding hydrogens is 386 g/mol. The summed E-state index contributed by atoms with van der Waals surface area (Å²) in [7, 11) is 1.59. The Kier molecular flexibility index (Phi) is 5.43. The summed E-state index contributed by atoms with van der Waals surface area (Å²) in [6, 6.07) is 7.04. The van der Waals surface area contributed by atoms with E-state index in [2.05, 4.69) is 12.2 Å². The van der Waals surface area contributed by atoms with Gasteiger partial charge >= 0.3 is 12.1 Å². The van der Waals surface area contributed by atoms with Crippen LogP contribution in [0.4, 0.5) is 10.5 Å². The van der Waals surface area contributed by atoms with Gasteiger partial charge in [-0.2, -0.15) is 0 Å². The highest BCUT2D eigenvalue weighted by Gasteiger charge is 2.62. The predicted molar refractivity (Wildman–Crippen MR) is 110 cm³/mol. The average molecular weight is 418 g/mol. The van der Waals surface area contributed by atoms with Gasteiger partial charge in [0.1, 0.15) is 18.0 Å². The van der Waals surface area contributed by atoms with Crippen LogP contribution >= 0.6 is 0 Å². The molecule has 3 fully saturated rings. The van der Waals surface area contributed by atoms with Crippen molar-refractivity contribution in [3.8, 4) is 5.75 Å². The molecule has 3 aliphatic rings. The molecule has 164 valence electrons. The number of ether oxygens (including phenoxy) is 3. The minimum absolute atomic E-state index is 0.0162. The van der Waals surface area contributed by atoms with Gasteiger partial charge in [0, 0.05) is 17.0 Å². The smallest absolute Gasteiger partial charge is 0.411 e. The van der Waals surface area contributed by atoms with Crippen molar-refractivity contribution in [1.29, 1.82) is 0 Å². The predicted octanol–water partition coefficient (Wildman–Crippen LogP) is 3.75. The second kappa shape index (κ2) is 7.76. The van der Waals surface area contributed by atoms with Crippen molar-refractivity contribution in [2.45, 2.75) is 58.2 Å². The number of anilines is 1. The van der Waals surface area contributed by atoms with Crippen molar-refractivity contribution in [2.75, 3.05) is 19.0 Å². The van der Waals surface area contributed by atoms with Gasteiger partial charge in [-0.15, -0.1) is 0 Å². The summed E-state index contributed by atoms with van der Waals surface area (Å²) in [6.07, 6.45) is 2.65. The number of aliphatic hydroxyl groups excluding tert-OH is 1. The number of hydrogen-bond acceptors (Lipinski definition) is 6. The number of fused-ring (bicyclic) bond motifs is 3. The number of carbonyl (C=O) groups is 2. The molecule has 1 saturated heterocycles. The van der Waals surface area contributed by atoms with Crippen molar-refractivity contribution in [3.05, 3.63) is 24.3 Å². The Morgan fingerprint density at radius 3 is 2.63 bits per heavy atom. The Hall–Kier alpha value is -2.28.